The van der Waals surface area contributed by atoms with Crippen molar-refractivity contribution in [2.75, 3.05) is 50.7 Å². The number of carbonyl (C=O) groups excluding carboxylic acids is 2. The van der Waals surface area contributed by atoms with Gasteiger partial charge in [0.15, 0.2) is 0 Å². The van der Waals surface area contributed by atoms with Crippen LogP contribution in [0.5, 0.6) is 5.75 Å². The van der Waals surface area contributed by atoms with E-state index >= 15 is 0 Å². The summed E-state index contributed by atoms with van der Waals surface area (Å²) >= 11 is 0. The molecule has 1 aliphatic carbocycles. The monoisotopic (exact) mass is 749 g/mol. The summed E-state index contributed by atoms with van der Waals surface area (Å²) < 4.78 is 0. The van der Waals surface area contributed by atoms with Gasteiger partial charge in [-0.05, 0) is 141 Å². The molecule has 8 heteroatoms. The fourth-order valence-corrected chi connectivity index (χ4v) is 10.4. The van der Waals surface area contributed by atoms with Crippen LogP contribution in [0, 0.1) is 0 Å². The number of carbonyl (C=O) groups is 2. The zero-order valence-electron chi connectivity index (χ0n) is 32.5. The summed E-state index contributed by atoms with van der Waals surface area (Å²) in [5.74, 6) is 0.926. The van der Waals surface area contributed by atoms with Crippen LogP contribution >= 0.6 is 0 Å². The largest absolute Gasteiger partial charge is 0.508 e. The molecule has 0 saturated carbocycles. The Morgan fingerprint density at radius 1 is 0.750 bits per heavy atom. The molecule has 0 aromatic heterocycles. The van der Waals surface area contributed by atoms with E-state index in [-0.39, 0.29) is 17.7 Å². The molecule has 4 aromatic rings. The van der Waals surface area contributed by atoms with E-state index in [0.717, 1.165) is 68.8 Å². The molecule has 3 atom stereocenters. The Hall–Kier alpha value is -4.92. The van der Waals surface area contributed by atoms with Crippen molar-refractivity contribution in [2.45, 2.75) is 81.8 Å². The molecular weight excluding hydrogens is 695 g/mol. The highest BCUT2D eigenvalue weighted by Crippen LogP contribution is 2.47. The number of aryl methyl sites for hydroxylation is 2. The van der Waals surface area contributed by atoms with Gasteiger partial charge in [-0.2, -0.15) is 0 Å². The van der Waals surface area contributed by atoms with E-state index in [1.807, 2.05) is 18.2 Å². The van der Waals surface area contributed by atoms with E-state index in [1.54, 1.807) is 4.90 Å². The number of anilines is 1. The van der Waals surface area contributed by atoms with Gasteiger partial charge in [0, 0.05) is 61.6 Å². The zero-order chi connectivity index (χ0) is 38.2. The third-order valence-corrected chi connectivity index (χ3v) is 13.5. The maximum Gasteiger partial charge on any atom is 0.255 e. The lowest BCUT2D eigenvalue weighted by atomic mass is 9.69. The lowest BCUT2D eigenvalue weighted by Crippen LogP contribution is -2.53. The number of nitrogens with one attached hydrogen (secondary N) is 1. The molecule has 0 spiro atoms. The van der Waals surface area contributed by atoms with Gasteiger partial charge in [-0.15, -0.1) is 0 Å². The average molecular weight is 750 g/mol. The Morgan fingerprint density at radius 3 is 2.30 bits per heavy atom. The second-order valence-corrected chi connectivity index (χ2v) is 16.8. The van der Waals surface area contributed by atoms with Gasteiger partial charge in [0.2, 0.25) is 5.91 Å². The standard InChI is InChI=1S/C48H55N5O3/c1-33-9-20-45(47(55)49-33)53-32-38-30-40(15-18-44(38)48(53)56)52-28-26-51(27-29-52)39-21-24-50(25-22-39)23-5-6-34-10-12-36(13-11-34)46-42(35-7-3-2-4-8-35)17-14-37-31-41(54)16-19-43(37)46/h2-4,7-8,10-13,15-16,18-19,30-31,39,42,45-46,54H,1,5-6,9,14,17,20-29,32H2,(H,49,55)/t42-,45?,46+/m1/s1. The van der Waals surface area contributed by atoms with Crippen molar-refractivity contribution in [1.82, 2.24) is 20.0 Å². The number of benzene rings is 4. The van der Waals surface area contributed by atoms with Crippen molar-refractivity contribution in [3.05, 3.63) is 142 Å². The van der Waals surface area contributed by atoms with Crippen LogP contribution in [0.2, 0.25) is 0 Å². The number of fused-ring (bicyclic) bond motifs is 2. The minimum Gasteiger partial charge on any atom is -0.508 e. The number of hydrogen-bond donors (Lipinski definition) is 2. The molecule has 2 N–H and O–H groups in total. The maximum atomic E-state index is 13.2. The number of piperazine rings is 1. The Labute approximate surface area is 331 Å². The van der Waals surface area contributed by atoms with Crippen LogP contribution in [0.25, 0.3) is 0 Å². The molecule has 0 radical (unpaired) electrons. The first-order chi connectivity index (χ1) is 27.4. The van der Waals surface area contributed by atoms with E-state index in [2.05, 4.69) is 99.4 Å². The van der Waals surface area contributed by atoms with Crippen LogP contribution in [0.3, 0.4) is 0 Å². The normalized spacial score (nSPS) is 23.6. The van der Waals surface area contributed by atoms with Crippen molar-refractivity contribution in [1.29, 1.82) is 0 Å². The quantitative estimate of drug-likeness (QED) is 0.188. The predicted octanol–water partition coefficient (Wildman–Crippen LogP) is 7.22. The summed E-state index contributed by atoms with van der Waals surface area (Å²) in [7, 11) is 0. The van der Waals surface area contributed by atoms with Crippen LogP contribution < -0.4 is 10.2 Å². The highest BCUT2D eigenvalue weighted by molar-refractivity contribution is 6.01. The Morgan fingerprint density at radius 2 is 1.54 bits per heavy atom. The van der Waals surface area contributed by atoms with Crippen molar-refractivity contribution in [3.8, 4) is 5.75 Å². The third kappa shape index (κ3) is 7.49. The summed E-state index contributed by atoms with van der Waals surface area (Å²) in [6, 6.07) is 32.8. The number of piperidine rings is 2. The van der Waals surface area contributed by atoms with E-state index < -0.39 is 6.04 Å². The summed E-state index contributed by atoms with van der Waals surface area (Å²) in [6.07, 6.45) is 8.16. The molecule has 8 nitrogen and oxygen atoms in total. The first-order valence-corrected chi connectivity index (χ1v) is 21.0. The van der Waals surface area contributed by atoms with Crippen molar-refractivity contribution < 1.29 is 14.7 Å². The van der Waals surface area contributed by atoms with Gasteiger partial charge in [-0.3, -0.25) is 14.5 Å². The molecule has 1 unspecified atom stereocenters. The lowest BCUT2D eigenvalue weighted by molar-refractivity contribution is -0.126. The number of allylic oxidation sites excluding steroid dienone is 1. The molecule has 3 fully saturated rings. The van der Waals surface area contributed by atoms with Crippen LogP contribution in [0.15, 0.2) is 103 Å². The first-order valence-electron chi connectivity index (χ1n) is 21.0. The molecule has 0 bridgehead atoms. The number of amides is 2. The van der Waals surface area contributed by atoms with E-state index in [1.165, 1.54) is 65.9 Å². The first kappa shape index (κ1) is 36.7. The summed E-state index contributed by atoms with van der Waals surface area (Å²) in [5.41, 5.74) is 10.5. The van der Waals surface area contributed by atoms with E-state index in [4.69, 9.17) is 0 Å². The molecule has 5 aliphatic rings. The number of aromatic hydroxyl groups is 1. The topological polar surface area (TPSA) is 79.4 Å². The predicted molar refractivity (Wildman–Crippen MR) is 222 cm³/mol. The van der Waals surface area contributed by atoms with Crippen molar-refractivity contribution in [2.24, 2.45) is 0 Å². The van der Waals surface area contributed by atoms with Gasteiger partial charge >= 0.3 is 0 Å². The SMILES string of the molecule is C=C1CCC(N2Cc3cc(N4CCN(C5CCN(CCCc6ccc([C@@H]7c8ccc(O)cc8CC[C@@H]7c7ccccc7)cc6)CC5)CC4)ccc3C2=O)C(=O)N1. The minimum atomic E-state index is -0.422. The Bertz CT molecular complexity index is 2070. The van der Waals surface area contributed by atoms with Crippen LogP contribution in [0.1, 0.15) is 94.1 Å². The van der Waals surface area contributed by atoms with Crippen LogP contribution in [-0.2, 0) is 24.2 Å². The zero-order valence-corrected chi connectivity index (χ0v) is 32.5. The number of likely N-dealkylation sites (tertiary alicyclic amines) is 1. The van der Waals surface area contributed by atoms with Gasteiger partial charge in [0.05, 0.1) is 0 Å². The lowest BCUT2D eigenvalue weighted by Gasteiger charge is -2.43. The summed E-state index contributed by atoms with van der Waals surface area (Å²) in [6.45, 7) is 12.0. The highest BCUT2D eigenvalue weighted by atomic mass is 16.3. The molecule has 290 valence electrons. The van der Waals surface area contributed by atoms with Gasteiger partial charge in [-0.1, -0.05) is 67.2 Å². The number of rotatable bonds is 9. The summed E-state index contributed by atoms with van der Waals surface area (Å²) in [4.78, 5) is 35.4. The fourth-order valence-electron chi connectivity index (χ4n) is 10.4. The number of nitrogens with zero attached hydrogens (tertiary/aromatic N) is 4. The van der Waals surface area contributed by atoms with Crippen molar-refractivity contribution in [3.63, 3.8) is 0 Å². The molecular formula is C48H55N5O3. The molecule has 3 saturated heterocycles. The Balaban J connectivity index is 0.734. The average Bonchev–Trinajstić information content (AvgIpc) is 3.56. The third-order valence-electron chi connectivity index (χ3n) is 13.5. The molecule has 9 rings (SSSR count). The Kier molecular flexibility index (Phi) is 10.4. The number of phenolic OH excluding ortho intramolecular Hbond substituents is 1. The van der Waals surface area contributed by atoms with Gasteiger partial charge in [-0.25, -0.2) is 0 Å². The smallest absolute Gasteiger partial charge is 0.255 e. The fraction of sp³-hybridized carbons (Fsp3) is 0.417. The van der Waals surface area contributed by atoms with Crippen molar-refractivity contribution >= 4 is 17.5 Å². The molecule has 4 aromatic carbocycles. The molecule has 56 heavy (non-hydrogen) atoms. The molecule has 4 aliphatic heterocycles. The second kappa shape index (κ2) is 15.9. The minimum absolute atomic E-state index is 0.0354. The maximum absolute atomic E-state index is 13.2. The number of phenols is 1. The van der Waals surface area contributed by atoms with Gasteiger partial charge in [0.25, 0.3) is 5.91 Å². The van der Waals surface area contributed by atoms with Gasteiger partial charge < -0.3 is 25.1 Å². The highest BCUT2D eigenvalue weighted by Gasteiger charge is 2.39. The van der Waals surface area contributed by atoms with E-state index in [9.17, 15) is 14.7 Å². The molecule has 4 heterocycles. The van der Waals surface area contributed by atoms with Gasteiger partial charge in [0.1, 0.15) is 11.8 Å². The second-order valence-electron chi connectivity index (χ2n) is 16.8. The molecule has 2 amide bonds. The van der Waals surface area contributed by atoms with Crippen LogP contribution in [-0.4, -0.2) is 89.5 Å². The van der Waals surface area contributed by atoms with Crippen LogP contribution in [0.4, 0.5) is 5.69 Å². The summed E-state index contributed by atoms with van der Waals surface area (Å²) in [5, 5.41) is 13.0. The number of hydrogen-bond acceptors (Lipinski definition) is 6. The van der Waals surface area contributed by atoms with E-state index in [0.29, 0.717) is 37.1 Å².